The number of imide groups is 1. The van der Waals surface area contributed by atoms with Crippen LogP contribution in [0.1, 0.15) is 18.1 Å². The molecule has 1 aliphatic heterocycles. The molecule has 3 rings (SSSR count). The zero-order valence-electron chi connectivity index (χ0n) is 14.4. The molecule has 2 N–H and O–H groups in total. The Bertz CT molecular complexity index is 865. The van der Waals surface area contributed by atoms with Crippen LogP contribution in [-0.4, -0.2) is 29.3 Å². The van der Waals surface area contributed by atoms with Gasteiger partial charge in [-0.1, -0.05) is 29.8 Å². The molecule has 0 unspecified atom stereocenters. The summed E-state index contributed by atoms with van der Waals surface area (Å²) in [7, 11) is 0. The van der Waals surface area contributed by atoms with E-state index in [2.05, 4.69) is 10.6 Å². The van der Waals surface area contributed by atoms with Crippen LogP contribution in [0.2, 0.25) is 0 Å². The van der Waals surface area contributed by atoms with Crippen LogP contribution in [-0.2, 0) is 15.1 Å². The van der Waals surface area contributed by atoms with E-state index < -0.39 is 35.7 Å². The van der Waals surface area contributed by atoms with E-state index >= 15 is 0 Å². The molecule has 26 heavy (non-hydrogen) atoms. The molecule has 1 aliphatic rings. The normalized spacial score (nSPS) is 19.4. The van der Waals surface area contributed by atoms with Crippen LogP contribution in [0.3, 0.4) is 0 Å². The highest BCUT2D eigenvalue weighted by atomic mass is 19.1. The van der Waals surface area contributed by atoms with Crippen LogP contribution in [0, 0.1) is 12.7 Å². The van der Waals surface area contributed by atoms with Crippen molar-refractivity contribution in [1.29, 1.82) is 0 Å². The van der Waals surface area contributed by atoms with E-state index in [1.807, 2.05) is 19.1 Å². The predicted octanol–water partition coefficient (Wildman–Crippen LogP) is 2.54. The second kappa shape index (κ2) is 6.59. The third-order valence-electron chi connectivity index (χ3n) is 4.33. The Labute approximate surface area is 150 Å². The summed E-state index contributed by atoms with van der Waals surface area (Å²) in [6.07, 6.45) is 0. The standard InChI is InChI=1S/C19H18FN3O3/c1-12-3-5-13(6-4-12)19(2)17(25)23(18(26)22-19)11-16(24)21-15-9-7-14(20)8-10-15/h3-10H,11H2,1-2H3,(H,21,24)(H,22,26)/t19-/m1/s1. The molecule has 0 aliphatic carbocycles. The van der Waals surface area contributed by atoms with Gasteiger partial charge in [0.25, 0.3) is 5.91 Å². The Morgan fingerprint density at radius 1 is 1.12 bits per heavy atom. The molecule has 2 aromatic rings. The van der Waals surface area contributed by atoms with Gasteiger partial charge in [0, 0.05) is 5.69 Å². The number of rotatable bonds is 4. The zero-order valence-corrected chi connectivity index (χ0v) is 14.4. The summed E-state index contributed by atoms with van der Waals surface area (Å²) < 4.78 is 12.9. The van der Waals surface area contributed by atoms with Gasteiger partial charge in [-0.3, -0.25) is 14.5 Å². The van der Waals surface area contributed by atoms with Gasteiger partial charge >= 0.3 is 6.03 Å². The molecule has 134 valence electrons. The maximum absolute atomic E-state index is 12.9. The maximum atomic E-state index is 12.9. The molecule has 6 nitrogen and oxygen atoms in total. The van der Waals surface area contributed by atoms with Crippen LogP contribution in [0.25, 0.3) is 0 Å². The lowest BCUT2D eigenvalue weighted by molar-refractivity contribution is -0.133. The van der Waals surface area contributed by atoms with Crippen molar-refractivity contribution in [3.63, 3.8) is 0 Å². The highest BCUT2D eigenvalue weighted by Gasteiger charge is 2.49. The fraction of sp³-hybridized carbons (Fsp3) is 0.211. The van der Waals surface area contributed by atoms with Gasteiger partial charge < -0.3 is 10.6 Å². The molecule has 0 saturated carbocycles. The van der Waals surface area contributed by atoms with E-state index in [-0.39, 0.29) is 0 Å². The summed E-state index contributed by atoms with van der Waals surface area (Å²) in [6.45, 7) is 3.10. The van der Waals surface area contributed by atoms with Crippen LogP contribution in [0.4, 0.5) is 14.9 Å². The Kier molecular flexibility index (Phi) is 4.46. The fourth-order valence-corrected chi connectivity index (χ4v) is 2.80. The molecule has 1 saturated heterocycles. The SMILES string of the molecule is Cc1ccc([C@@]2(C)NC(=O)N(CC(=O)Nc3ccc(F)cc3)C2=O)cc1. The van der Waals surface area contributed by atoms with Crippen LogP contribution in [0.5, 0.6) is 0 Å². The fourth-order valence-electron chi connectivity index (χ4n) is 2.80. The van der Waals surface area contributed by atoms with Gasteiger partial charge in [-0.05, 0) is 43.7 Å². The average molecular weight is 355 g/mol. The van der Waals surface area contributed by atoms with Crippen molar-refractivity contribution < 1.29 is 18.8 Å². The van der Waals surface area contributed by atoms with Gasteiger partial charge in [-0.15, -0.1) is 0 Å². The average Bonchev–Trinajstić information content (AvgIpc) is 2.82. The number of aryl methyl sites for hydroxylation is 1. The van der Waals surface area contributed by atoms with Crippen molar-refractivity contribution >= 4 is 23.5 Å². The number of carbonyl (C=O) groups excluding carboxylic acids is 3. The van der Waals surface area contributed by atoms with E-state index in [0.717, 1.165) is 10.5 Å². The van der Waals surface area contributed by atoms with Crippen molar-refractivity contribution in [1.82, 2.24) is 10.2 Å². The van der Waals surface area contributed by atoms with Crippen molar-refractivity contribution in [2.75, 3.05) is 11.9 Å². The Hall–Kier alpha value is -3.22. The van der Waals surface area contributed by atoms with Crippen molar-refractivity contribution in [2.45, 2.75) is 19.4 Å². The number of anilines is 1. The quantitative estimate of drug-likeness (QED) is 0.828. The highest BCUT2D eigenvalue weighted by Crippen LogP contribution is 2.28. The minimum absolute atomic E-state index is 0.379. The molecule has 2 aromatic carbocycles. The first-order chi connectivity index (χ1) is 12.3. The second-order valence-electron chi connectivity index (χ2n) is 6.37. The molecule has 0 aromatic heterocycles. The molecule has 1 fully saturated rings. The predicted molar refractivity (Wildman–Crippen MR) is 93.8 cm³/mol. The summed E-state index contributed by atoms with van der Waals surface area (Å²) in [6, 6.07) is 11.8. The van der Waals surface area contributed by atoms with E-state index in [9.17, 15) is 18.8 Å². The number of nitrogens with one attached hydrogen (secondary N) is 2. The molecule has 1 heterocycles. The summed E-state index contributed by atoms with van der Waals surface area (Å²) in [5.74, 6) is -1.47. The topological polar surface area (TPSA) is 78.5 Å². The molecule has 0 radical (unpaired) electrons. The Balaban J connectivity index is 1.73. The lowest BCUT2D eigenvalue weighted by atomic mass is 9.91. The number of urea groups is 1. The lowest BCUT2D eigenvalue weighted by Gasteiger charge is -2.22. The second-order valence-corrected chi connectivity index (χ2v) is 6.37. The largest absolute Gasteiger partial charge is 0.325 e. The van der Waals surface area contributed by atoms with E-state index in [4.69, 9.17) is 0 Å². The molecule has 0 spiro atoms. The lowest BCUT2D eigenvalue weighted by Crippen LogP contribution is -2.42. The minimum atomic E-state index is -1.22. The van der Waals surface area contributed by atoms with Gasteiger partial charge in [0.1, 0.15) is 17.9 Å². The zero-order chi connectivity index (χ0) is 18.9. The summed E-state index contributed by atoms with van der Waals surface area (Å²) >= 11 is 0. The van der Waals surface area contributed by atoms with Gasteiger partial charge in [-0.25, -0.2) is 9.18 Å². The first-order valence-electron chi connectivity index (χ1n) is 8.06. The third kappa shape index (κ3) is 3.28. The number of hydrogen-bond donors (Lipinski definition) is 2. The Morgan fingerprint density at radius 3 is 2.35 bits per heavy atom. The number of benzene rings is 2. The number of nitrogens with zero attached hydrogens (tertiary/aromatic N) is 1. The molecular weight excluding hydrogens is 337 g/mol. The van der Waals surface area contributed by atoms with Crippen molar-refractivity contribution in [2.24, 2.45) is 0 Å². The number of carbonyl (C=O) groups is 3. The van der Waals surface area contributed by atoms with Crippen LogP contribution in [0.15, 0.2) is 48.5 Å². The van der Waals surface area contributed by atoms with Gasteiger partial charge in [0.15, 0.2) is 0 Å². The summed E-state index contributed by atoms with van der Waals surface area (Å²) in [5.41, 5.74) is 0.832. The van der Waals surface area contributed by atoms with E-state index in [1.54, 1.807) is 19.1 Å². The molecule has 7 heteroatoms. The maximum Gasteiger partial charge on any atom is 0.325 e. The van der Waals surface area contributed by atoms with Crippen molar-refractivity contribution in [3.05, 3.63) is 65.5 Å². The van der Waals surface area contributed by atoms with E-state index in [1.165, 1.54) is 24.3 Å². The first kappa shape index (κ1) is 17.6. The highest BCUT2D eigenvalue weighted by molar-refractivity contribution is 6.10. The van der Waals surface area contributed by atoms with Gasteiger partial charge in [0.2, 0.25) is 5.91 Å². The molecule has 4 amide bonds. The van der Waals surface area contributed by atoms with Crippen LogP contribution < -0.4 is 10.6 Å². The molecule has 0 bridgehead atoms. The molecule has 1 atom stereocenters. The van der Waals surface area contributed by atoms with Crippen molar-refractivity contribution in [3.8, 4) is 0 Å². The minimum Gasteiger partial charge on any atom is -0.325 e. The third-order valence-corrected chi connectivity index (χ3v) is 4.33. The summed E-state index contributed by atoms with van der Waals surface area (Å²) in [5, 5.41) is 5.18. The first-order valence-corrected chi connectivity index (χ1v) is 8.06. The van der Waals surface area contributed by atoms with Gasteiger partial charge in [-0.2, -0.15) is 0 Å². The summed E-state index contributed by atoms with van der Waals surface area (Å²) in [4.78, 5) is 38.0. The monoisotopic (exact) mass is 355 g/mol. The van der Waals surface area contributed by atoms with E-state index in [0.29, 0.717) is 11.3 Å². The number of halogens is 1. The molecular formula is C19H18FN3O3. The number of hydrogen-bond acceptors (Lipinski definition) is 3. The van der Waals surface area contributed by atoms with Gasteiger partial charge in [0.05, 0.1) is 0 Å². The van der Waals surface area contributed by atoms with Crippen LogP contribution >= 0.6 is 0 Å². The Morgan fingerprint density at radius 2 is 1.73 bits per heavy atom. The number of amides is 4. The smallest absolute Gasteiger partial charge is 0.325 e.